The van der Waals surface area contributed by atoms with Crippen molar-refractivity contribution in [1.29, 1.82) is 0 Å². The molecule has 2 aromatic rings. The lowest BCUT2D eigenvalue weighted by atomic mass is 10.2. The van der Waals surface area contributed by atoms with Gasteiger partial charge >= 0.3 is 0 Å². The zero-order valence-corrected chi connectivity index (χ0v) is 18.9. The van der Waals surface area contributed by atoms with Crippen molar-refractivity contribution < 1.29 is 30.4 Å². The molecular formula is C20H23F2N3O5S2. The van der Waals surface area contributed by atoms with Crippen LogP contribution in [0, 0.1) is 11.6 Å². The van der Waals surface area contributed by atoms with E-state index in [1.807, 2.05) is 0 Å². The molecular weight excluding hydrogens is 464 g/mol. The lowest BCUT2D eigenvalue weighted by Crippen LogP contribution is -2.37. The molecule has 0 saturated carbocycles. The summed E-state index contributed by atoms with van der Waals surface area (Å²) in [6, 6.07) is 8.03. The minimum absolute atomic E-state index is 0.0944. The van der Waals surface area contributed by atoms with Crippen LogP contribution in [0.25, 0.3) is 0 Å². The predicted octanol–water partition coefficient (Wildman–Crippen LogP) is 2.54. The molecule has 0 aromatic heterocycles. The fraction of sp³-hybridized carbons (Fsp3) is 0.350. The Hall–Kier alpha value is -2.57. The van der Waals surface area contributed by atoms with E-state index in [-0.39, 0.29) is 16.3 Å². The summed E-state index contributed by atoms with van der Waals surface area (Å²) in [4.78, 5) is 12.5. The van der Waals surface area contributed by atoms with Gasteiger partial charge in [-0.1, -0.05) is 6.42 Å². The summed E-state index contributed by atoms with van der Waals surface area (Å²) in [5.74, 6) is -3.14. The lowest BCUT2D eigenvalue weighted by molar-refractivity contribution is -0.114. The molecule has 1 amide bonds. The summed E-state index contributed by atoms with van der Waals surface area (Å²) in [7, 11) is -7.60. The molecule has 0 unspecified atom stereocenters. The number of benzene rings is 2. The Morgan fingerprint density at radius 2 is 1.59 bits per heavy atom. The number of carbonyl (C=O) groups is 1. The number of nitrogens with zero attached hydrogens (tertiary/aromatic N) is 2. The number of rotatable bonds is 7. The van der Waals surface area contributed by atoms with Gasteiger partial charge < -0.3 is 5.32 Å². The topological polar surface area (TPSA) is 104 Å². The maximum absolute atomic E-state index is 13.5. The molecule has 0 bridgehead atoms. The highest BCUT2D eigenvalue weighted by molar-refractivity contribution is 7.92. The molecule has 32 heavy (non-hydrogen) atoms. The van der Waals surface area contributed by atoms with Gasteiger partial charge in [-0.15, -0.1) is 0 Å². The van der Waals surface area contributed by atoms with E-state index in [0.29, 0.717) is 23.5 Å². The van der Waals surface area contributed by atoms with Crippen molar-refractivity contribution >= 4 is 37.3 Å². The second-order valence-electron chi connectivity index (χ2n) is 7.41. The smallest absolute Gasteiger partial charge is 0.245 e. The Bertz CT molecular complexity index is 1200. The molecule has 3 rings (SSSR count). The number of sulfonamides is 2. The first kappa shape index (κ1) is 24.1. The number of carbonyl (C=O) groups excluding carboxylic acids is 1. The number of halogens is 2. The second kappa shape index (κ2) is 9.51. The number of anilines is 2. The molecule has 1 heterocycles. The van der Waals surface area contributed by atoms with E-state index in [1.54, 1.807) is 0 Å². The molecule has 1 aliphatic rings. The van der Waals surface area contributed by atoms with Gasteiger partial charge in [-0.25, -0.2) is 25.6 Å². The van der Waals surface area contributed by atoms with E-state index >= 15 is 0 Å². The average Bonchev–Trinajstić information content (AvgIpc) is 2.74. The predicted molar refractivity (Wildman–Crippen MR) is 116 cm³/mol. The Morgan fingerprint density at radius 3 is 2.16 bits per heavy atom. The maximum atomic E-state index is 13.5. The van der Waals surface area contributed by atoms with Gasteiger partial charge in [0.1, 0.15) is 6.54 Å². The summed E-state index contributed by atoms with van der Waals surface area (Å²) in [6.07, 6.45) is 3.44. The molecule has 0 atom stereocenters. The Kier molecular flexibility index (Phi) is 7.16. The van der Waals surface area contributed by atoms with Crippen LogP contribution in [0.3, 0.4) is 0 Å². The molecule has 0 radical (unpaired) electrons. The van der Waals surface area contributed by atoms with Crippen LogP contribution < -0.4 is 9.62 Å². The normalized spacial score (nSPS) is 15.3. The minimum Gasteiger partial charge on any atom is -0.325 e. The SMILES string of the molecule is CS(=O)(=O)N(CC(=O)Nc1ccc(S(=O)(=O)N2CCCCC2)cc1)c1ccc(F)c(F)c1. The molecule has 1 aliphatic heterocycles. The first-order chi connectivity index (χ1) is 15.0. The van der Waals surface area contributed by atoms with Gasteiger partial charge in [0.2, 0.25) is 26.0 Å². The van der Waals surface area contributed by atoms with E-state index in [1.165, 1.54) is 28.6 Å². The summed E-state index contributed by atoms with van der Waals surface area (Å²) in [5, 5.41) is 2.48. The number of hydrogen-bond acceptors (Lipinski definition) is 5. The quantitative estimate of drug-likeness (QED) is 0.647. The minimum atomic E-state index is -3.97. The number of piperidine rings is 1. The zero-order chi connectivity index (χ0) is 23.5. The van der Waals surface area contributed by atoms with Gasteiger partial charge in [0.15, 0.2) is 11.6 Å². The summed E-state index contributed by atoms with van der Waals surface area (Å²) >= 11 is 0. The second-order valence-corrected chi connectivity index (χ2v) is 11.3. The first-order valence-electron chi connectivity index (χ1n) is 9.81. The third-order valence-corrected chi connectivity index (χ3v) is 8.02. The Labute approximate surface area is 185 Å². The third kappa shape index (κ3) is 5.61. The summed E-state index contributed by atoms with van der Waals surface area (Å²) in [5.41, 5.74) is 0.0517. The highest BCUT2D eigenvalue weighted by atomic mass is 32.2. The van der Waals surface area contributed by atoms with Crippen LogP contribution in [0.1, 0.15) is 19.3 Å². The first-order valence-corrected chi connectivity index (χ1v) is 13.1. The van der Waals surface area contributed by atoms with Crippen molar-refractivity contribution in [3.05, 3.63) is 54.1 Å². The molecule has 12 heteroatoms. The zero-order valence-electron chi connectivity index (χ0n) is 17.3. The molecule has 2 aromatic carbocycles. The van der Waals surface area contributed by atoms with Gasteiger partial charge in [-0.2, -0.15) is 4.31 Å². The molecule has 174 valence electrons. The van der Waals surface area contributed by atoms with Crippen LogP contribution >= 0.6 is 0 Å². The molecule has 8 nitrogen and oxygen atoms in total. The van der Waals surface area contributed by atoms with Crippen molar-refractivity contribution in [1.82, 2.24) is 4.31 Å². The van der Waals surface area contributed by atoms with Crippen LogP contribution in [-0.4, -0.2) is 52.9 Å². The average molecular weight is 488 g/mol. The van der Waals surface area contributed by atoms with Gasteiger partial charge in [-0.3, -0.25) is 9.10 Å². The van der Waals surface area contributed by atoms with Crippen LogP contribution in [0.2, 0.25) is 0 Å². The van der Waals surface area contributed by atoms with Crippen LogP contribution in [0.5, 0.6) is 0 Å². The fourth-order valence-electron chi connectivity index (χ4n) is 3.34. The lowest BCUT2D eigenvalue weighted by Gasteiger charge is -2.26. The van der Waals surface area contributed by atoms with Crippen molar-refractivity contribution in [3.8, 4) is 0 Å². The van der Waals surface area contributed by atoms with Crippen LogP contribution in [0.4, 0.5) is 20.2 Å². The largest absolute Gasteiger partial charge is 0.325 e. The monoisotopic (exact) mass is 487 g/mol. The maximum Gasteiger partial charge on any atom is 0.245 e. The van der Waals surface area contributed by atoms with Crippen LogP contribution in [0.15, 0.2) is 47.4 Å². The van der Waals surface area contributed by atoms with Gasteiger partial charge in [-0.05, 0) is 49.2 Å². The van der Waals surface area contributed by atoms with Crippen molar-refractivity contribution in [2.75, 3.05) is 35.5 Å². The summed E-state index contributed by atoms with van der Waals surface area (Å²) in [6.45, 7) is 0.246. The van der Waals surface area contributed by atoms with E-state index in [0.717, 1.165) is 37.7 Å². The standard InChI is InChI=1S/C20H23F2N3O5S2/c1-31(27,28)25(16-7-10-18(21)19(22)13-16)14-20(26)23-15-5-8-17(9-6-15)32(29,30)24-11-3-2-4-12-24/h5-10,13H,2-4,11-12,14H2,1H3,(H,23,26). The summed E-state index contributed by atoms with van der Waals surface area (Å²) < 4.78 is 78.3. The number of hydrogen-bond donors (Lipinski definition) is 1. The highest BCUT2D eigenvalue weighted by Crippen LogP contribution is 2.23. The van der Waals surface area contributed by atoms with Gasteiger partial charge in [0.05, 0.1) is 16.8 Å². The molecule has 1 N–H and O–H groups in total. The number of nitrogens with one attached hydrogen (secondary N) is 1. The molecule has 1 fully saturated rings. The molecule has 0 spiro atoms. The van der Waals surface area contributed by atoms with E-state index in [2.05, 4.69) is 5.32 Å². The molecule has 1 saturated heterocycles. The fourth-order valence-corrected chi connectivity index (χ4v) is 5.70. The van der Waals surface area contributed by atoms with Crippen molar-refractivity contribution in [2.45, 2.75) is 24.2 Å². The van der Waals surface area contributed by atoms with E-state index < -0.39 is 44.1 Å². The van der Waals surface area contributed by atoms with Crippen molar-refractivity contribution in [3.63, 3.8) is 0 Å². The Balaban J connectivity index is 1.72. The van der Waals surface area contributed by atoms with E-state index in [4.69, 9.17) is 0 Å². The van der Waals surface area contributed by atoms with Gasteiger partial charge in [0, 0.05) is 24.8 Å². The highest BCUT2D eigenvalue weighted by Gasteiger charge is 2.26. The van der Waals surface area contributed by atoms with Crippen LogP contribution in [-0.2, 0) is 24.8 Å². The van der Waals surface area contributed by atoms with Crippen molar-refractivity contribution in [2.24, 2.45) is 0 Å². The Morgan fingerprint density at radius 1 is 0.969 bits per heavy atom. The molecule has 0 aliphatic carbocycles. The van der Waals surface area contributed by atoms with E-state index in [9.17, 15) is 30.4 Å². The number of amides is 1. The van der Waals surface area contributed by atoms with Gasteiger partial charge in [0.25, 0.3) is 0 Å². The third-order valence-electron chi connectivity index (χ3n) is 4.97.